The van der Waals surface area contributed by atoms with E-state index in [1.54, 1.807) is 6.33 Å². The van der Waals surface area contributed by atoms with E-state index in [9.17, 15) is 0 Å². The van der Waals surface area contributed by atoms with E-state index in [4.69, 9.17) is 4.52 Å². The summed E-state index contributed by atoms with van der Waals surface area (Å²) >= 11 is 0. The van der Waals surface area contributed by atoms with Gasteiger partial charge in [0.15, 0.2) is 5.82 Å². The van der Waals surface area contributed by atoms with Crippen LogP contribution in [0, 0.1) is 0 Å². The van der Waals surface area contributed by atoms with Crippen LogP contribution in [0.15, 0.2) is 10.9 Å². The van der Waals surface area contributed by atoms with Gasteiger partial charge < -0.3 is 9.42 Å². The summed E-state index contributed by atoms with van der Waals surface area (Å²) in [6, 6.07) is 0.177. The van der Waals surface area contributed by atoms with Crippen LogP contribution in [0.3, 0.4) is 0 Å². The van der Waals surface area contributed by atoms with Crippen LogP contribution in [-0.4, -0.2) is 26.7 Å². The second kappa shape index (κ2) is 5.34. The third-order valence-electron chi connectivity index (χ3n) is 4.63. The van der Waals surface area contributed by atoms with Crippen molar-refractivity contribution in [3.05, 3.63) is 29.3 Å². The fourth-order valence-electron chi connectivity index (χ4n) is 3.50. The first-order valence-electron chi connectivity index (χ1n) is 8.17. The molecule has 1 atom stereocenters. The van der Waals surface area contributed by atoms with Crippen LogP contribution in [-0.2, 0) is 12.8 Å². The van der Waals surface area contributed by atoms with E-state index in [0.29, 0.717) is 0 Å². The summed E-state index contributed by atoms with van der Waals surface area (Å²) in [5, 5.41) is 4.22. The summed E-state index contributed by atoms with van der Waals surface area (Å²) in [5.41, 5.74) is 2.54. The molecule has 2 aliphatic rings. The molecule has 1 aliphatic heterocycles. The normalized spacial score (nSPS) is 20.9. The second-order valence-electron chi connectivity index (χ2n) is 6.47. The number of aryl methyl sites for hydroxylation is 1. The van der Waals surface area contributed by atoms with Gasteiger partial charge in [0.1, 0.15) is 12.1 Å². The molecule has 6 heteroatoms. The van der Waals surface area contributed by atoms with Crippen molar-refractivity contribution in [1.29, 1.82) is 0 Å². The van der Waals surface area contributed by atoms with E-state index in [1.807, 2.05) is 0 Å². The molecule has 1 aliphatic carbocycles. The predicted molar refractivity (Wildman–Crippen MR) is 81.8 cm³/mol. The highest BCUT2D eigenvalue weighted by molar-refractivity contribution is 5.52. The van der Waals surface area contributed by atoms with Crippen molar-refractivity contribution in [1.82, 2.24) is 20.1 Å². The molecule has 22 heavy (non-hydrogen) atoms. The van der Waals surface area contributed by atoms with Crippen LogP contribution < -0.4 is 4.90 Å². The Kier molecular flexibility index (Phi) is 3.32. The molecule has 1 saturated heterocycles. The Hall–Kier alpha value is -1.98. The van der Waals surface area contributed by atoms with Crippen LogP contribution in [0.2, 0.25) is 0 Å². The molecule has 2 aromatic rings. The fraction of sp³-hybridized carbons (Fsp3) is 0.625. The van der Waals surface area contributed by atoms with E-state index < -0.39 is 0 Å². The Labute approximate surface area is 130 Å². The van der Waals surface area contributed by atoms with Gasteiger partial charge in [0, 0.05) is 23.7 Å². The molecule has 2 aromatic heterocycles. The molecule has 0 amide bonds. The molecule has 0 spiro atoms. The maximum absolute atomic E-state index is 5.39. The third kappa shape index (κ3) is 2.17. The van der Waals surface area contributed by atoms with Crippen molar-refractivity contribution in [2.24, 2.45) is 0 Å². The van der Waals surface area contributed by atoms with Crippen molar-refractivity contribution in [3.8, 4) is 0 Å². The number of aromatic nitrogens is 4. The second-order valence-corrected chi connectivity index (χ2v) is 6.47. The molecule has 0 radical (unpaired) electrons. The van der Waals surface area contributed by atoms with Crippen LogP contribution in [0.4, 0.5) is 5.82 Å². The van der Waals surface area contributed by atoms with E-state index in [1.165, 1.54) is 17.7 Å². The maximum atomic E-state index is 5.39. The maximum Gasteiger partial charge on any atom is 0.229 e. The van der Waals surface area contributed by atoms with Gasteiger partial charge in [-0.15, -0.1) is 0 Å². The van der Waals surface area contributed by atoms with Gasteiger partial charge in [-0.25, -0.2) is 9.97 Å². The summed E-state index contributed by atoms with van der Waals surface area (Å²) < 4.78 is 5.39. The van der Waals surface area contributed by atoms with E-state index in [-0.39, 0.29) is 12.0 Å². The molecule has 0 aromatic carbocycles. The molecule has 3 heterocycles. The Bertz CT molecular complexity index is 681. The summed E-state index contributed by atoms with van der Waals surface area (Å²) in [6.07, 6.45) is 7.22. The van der Waals surface area contributed by atoms with Crippen molar-refractivity contribution in [2.75, 3.05) is 11.4 Å². The lowest BCUT2D eigenvalue weighted by atomic mass is 10.1. The van der Waals surface area contributed by atoms with Gasteiger partial charge in [-0.1, -0.05) is 19.0 Å². The lowest BCUT2D eigenvalue weighted by Crippen LogP contribution is -2.26. The first-order valence-corrected chi connectivity index (χ1v) is 8.17. The van der Waals surface area contributed by atoms with Crippen molar-refractivity contribution >= 4 is 5.82 Å². The van der Waals surface area contributed by atoms with Gasteiger partial charge in [-0.05, 0) is 32.1 Å². The monoisotopic (exact) mass is 299 g/mol. The van der Waals surface area contributed by atoms with Gasteiger partial charge in [0.2, 0.25) is 5.89 Å². The summed E-state index contributed by atoms with van der Waals surface area (Å²) in [5.74, 6) is 2.86. The molecule has 4 rings (SSSR count). The third-order valence-corrected chi connectivity index (χ3v) is 4.63. The molecule has 0 bridgehead atoms. The SMILES string of the molecule is CC(C)c1nc([C@@H]2CCCN2c2ncnc3c2CCC3)no1. The molecule has 0 N–H and O–H groups in total. The molecular weight excluding hydrogens is 278 g/mol. The number of hydrogen-bond donors (Lipinski definition) is 0. The highest BCUT2D eigenvalue weighted by atomic mass is 16.5. The van der Waals surface area contributed by atoms with Gasteiger partial charge in [-0.3, -0.25) is 0 Å². The number of hydrogen-bond acceptors (Lipinski definition) is 6. The van der Waals surface area contributed by atoms with Crippen molar-refractivity contribution < 1.29 is 4.52 Å². The molecular formula is C16H21N5O. The Morgan fingerprint density at radius 3 is 2.95 bits per heavy atom. The van der Waals surface area contributed by atoms with Gasteiger partial charge >= 0.3 is 0 Å². The lowest BCUT2D eigenvalue weighted by Gasteiger charge is -2.25. The van der Waals surface area contributed by atoms with Gasteiger partial charge in [-0.2, -0.15) is 4.98 Å². The number of rotatable bonds is 3. The zero-order valence-corrected chi connectivity index (χ0v) is 13.1. The predicted octanol–water partition coefficient (Wildman–Crippen LogP) is 2.81. The fourth-order valence-corrected chi connectivity index (χ4v) is 3.50. The topological polar surface area (TPSA) is 67.9 Å². The van der Waals surface area contributed by atoms with Crippen molar-refractivity contribution in [3.63, 3.8) is 0 Å². The summed E-state index contributed by atoms with van der Waals surface area (Å²) in [7, 11) is 0. The van der Waals surface area contributed by atoms with Crippen LogP contribution in [0.5, 0.6) is 0 Å². The number of nitrogens with zero attached hydrogens (tertiary/aromatic N) is 5. The number of anilines is 1. The average Bonchev–Trinajstić information content (AvgIpc) is 3.25. The van der Waals surface area contributed by atoms with Gasteiger partial charge in [0.05, 0.1) is 6.04 Å². The molecule has 0 unspecified atom stereocenters. The Morgan fingerprint density at radius 1 is 1.23 bits per heavy atom. The Morgan fingerprint density at radius 2 is 2.14 bits per heavy atom. The van der Waals surface area contributed by atoms with Crippen molar-refractivity contribution in [2.45, 2.75) is 57.9 Å². The van der Waals surface area contributed by atoms with E-state index in [0.717, 1.165) is 49.8 Å². The zero-order valence-electron chi connectivity index (χ0n) is 13.1. The largest absolute Gasteiger partial charge is 0.346 e. The van der Waals surface area contributed by atoms with Crippen LogP contribution in [0.1, 0.15) is 68.0 Å². The molecule has 6 nitrogen and oxygen atoms in total. The van der Waals surface area contributed by atoms with Crippen LogP contribution >= 0.6 is 0 Å². The quantitative estimate of drug-likeness (QED) is 0.868. The summed E-state index contributed by atoms with van der Waals surface area (Å²) in [4.78, 5) is 16.0. The minimum absolute atomic E-state index is 0.177. The van der Waals surface area contributed by atoms with Gasteiger partial charge in [0.25, 0.3) is 0 Å². The Balaban J connectivity index is 1.68. The molecule has 0 saturated carbocycles. The summed E-state index contributed by atoms with van der Waals surface area (Å²) in [6.45, 7) is 5.14. The minimum atomic E-state index is 0.177. The van der Waals surface area contributed by atoms with E-state index >= 15 is 0 Å². The first kappa shape index (κ1) is 13.7. The number of fused-ring (bicyclic) bond motifs is 1. The average molecular weight is 299 g/mol. The molecule has 116 valence electrons. The zero-order chi connectivity index (χ0) is 15.1. The van der Waals surface area contributed by atoms with E-state index in [2.05, 4.69) is 38.9 Å². The first-order chi connectivity index (χ1) is 10.7. The smallest absolute Gasteiger partial charge is 0.229 e. The highest BCUT2D eigenvalue weighted by Gasteiger charge is 2.33. The lowest BCUT2D eigenvalue weighted by molar-refractivity contribution is 0.358. The highest BCUT2D eigenvalue weighted by Crippen LogP contribution is 2.38. The minimum Gasteiger partial charge on any atom is -0.346 e. The standard InChI is InChI=1S/C16H21N5O/c1-10(2)16-19-14(20-22-16)13-7-4-8-21(13)15-11-5-3-6-12(11)17-9-18-15/h9-10,13H,3-8H2,1-2H3/t13-/m0/s1. The van der Waals surface area contributed by atoms with Crippen LogP contribution in [0.25, 0.3) is 0 Å². The molecule has 1 fully saturated rings.